The van der Waals surface area contributed by atoms with Crippen LogP contribution in [0.2, 0.25) is 0 Å². The van der Waals surface area contributed by atoms with Crippen LogP contribution in [0.3, 0.4) is 0 Å². The fourth-order valence-corrected chi connectivity index (χ4v) is 1.57. The van der Waals surface area contributed by atoms with Crippen LogP contribution in [0.1, 0.15) is 10.5 Å². The number of nitrogens with zero attached hydrogens (tertiary/aromatic N) is 3. The van der Waals surface area contributed by atoms with E-state index in [1.54, 1.807) is 23.2 Å². The molecule has 0 saturated carbocycles. The van der Waals surface area contributed by atoms with Gasteiger partial charge < -0.3 is 10.2 Å². The van der Waals surface area contributed by atoms with Crippen molar-refractivity contribution in [1.82, 2.24) is 9.97 Å². The van der Waals surface area contributed by atoms with Crippen LogP contribution in [0.15, 0.2) is 36.5 Å². The largest absolute Gasteiger partial charge is 0.361 e. The molecule has 19 heavy (non-hydrogen) atoms. The van der Waals surface area contributed by atoms with Gasteiger partial charge in [-0.1, -0.05) is 6.07 Å². The van der Waals surface area contributed by atoms with E-state index in [-0.39, 0.29) is 5.69 Å². The minimum absolute atomic E-state index is 0.0218. The molecule has 2 aromatic rings. The van der Waals surface area contributed by atoms with Crippen LogP contribution in [0, 0.1) is 5.95 Å². The third-order valence-corrected chi connectivity index (χ3v) is 2.41. The Balaban J connectivity index is 2.24. The molecule has 0 aliphatic carbocycles. The zero-order valence-electron chi connectivity index (χ0n) is 10.6. The number of amides is 1. The Morgan fingerprint density at radius 1 is 1.26 bits per heavy atom. The lowest BCUT2D eigenvalue weighted by Gasteiger charge is -2.15. The molecule has 5 nitrogen and oxygen atoms in total. The molecule has 0 aliphatic rings. The molecular formula is C13H13FN4O. The molecule has 2 aromatic heterocycles. The van der Waals surface area contributed by atoms with Gasteiger partial charge in [0.05, 0.1) is 5.69 Å². The van der Waals surface area contributed by atoms with Gasteiger partial charge in [0.2, 0.25) is 5.95 Å². The molecule has 0 saturated heterocycles. The van der Waals surface area contributed by atoms with Crippen molar-refractivity contribution in [3.63, 3.8) is 0 Å². The molecule has 98 valence electrons. The minimum Gasteiger partial charge on any atom is -0.361 e. The highest BCUT2D eigenvalue weighted by Gasteiger charge is 2.12. The van der Waals surface area contributed by atoms with Crippen molar-refractivity contribution in [3.05, 3.63) is 48.2 Å². The maximum Gasteiger partial charge on any atom is 0.274 e. The van der Waals surface area contributed by atoms with Crippen LogP contribution in [0.4, 0.5) is 15.9 Å². The van der Waals surface area contributed by atoms with Gasteiger partial charge in [0.25, 0.3) is 5.91 Å². The summed E-state index contributed by atoms with van der Waals surface area (Å²) >= 11 is 0. The summed E-state index contributed by atoms with van der Waals surface area (Å²) in [6, 6.07) is 7.50. The third kappa shape index (κ3) is 3.04. The van der Waals surface area contributed by atoms with Gasteiger partial charge in [-0.2, -0.15) is 4.39 Å². The summed E-state index contributed by atoms with van der Waals surface area (Å²) in [4.78, 5) is 21.4. The standard InChI is InChI=1S/C13H13FN4O/c1-18(2)12-9(6-4-8-15-12)17-13(19)10-5-3-7-11(14)16-10/h3-8H,1-2H3,(H,17,19). The van der Waals surface area contributed by atoms with E-state index in [9.17, 15) is 9.18 Å². The van der Waals surface area contributed by atoms with Crippen LogP contribution in [0.25, 0.3) is 0 Å². The lowest BCUT2D eigenvalue weighted by atomic mass is 10.3. The first kappa shape index (κ1) is 12.9. The molecule has 0 spiro atoms. The quantitative estimate of drug-likeness (QED) is 0.857. The number of anilines is 2. The van der Waals surface area contributed by atoms with Gasteiger partial charge in [-0.3, -0.25) is 4.79 Å². The average molecular weight is 260 g/mol. The molecule has 0 aliphatic heterocycles. The van der Waals surface area contributed by atoms with E-state index in [1.165, 1.54) is 18.2 Å². The normalized spacial score (nSPS) is 10.1. The lowest BCUT2D eigenvalue weighted by Crippen LogP contribution is -2.18. The molecule has 0 fully saturated rings. The van der Waals surface area contributed by atoms with Crippen molar-refractivity contribution in [2.45, 2.75) is 0 Å². The van der Waals surface area contributed by atoms with Crippen LogP contribution in [0.5, 0.6) is 0 Å². The van der Waals surface area contributed by atoms with E-state index in [0.717, 1.165) is 0 Å². The Morgan fingerprint density at radius 3 is 2.74 bits per heavy atom. The molecule has 6 heteroatoms. The van der Waals surface area contributed by atoms with Gasteiger partial charge in [-0.15, -0.1) is 0 Å². The number of carbonyl (C=O) groups is 1. The highest BCUT2D eigenvalue weighted by atomic mass is 19.1. The molecule has 0 bridgehead atoms. The van der Waals surface area contributed by atoms with Crippen LogP contribution in [-0.2, 0) is 0 Å². The predicted octanol–water partition coefficient (Wildman–Crippen LogP) is 1.93. The Morgan fingerprint density at radius 2 is 2.05 bits per heavy atom. The minimum atomic E-state index is -0.688. The van der Waals surface area contributed by atoms with E-state index in [1.807, 2.05) is 14.1 Å². The summed E-state index contributed by atoms with van der Waals surface area (Å²) in [7, 11) is 3.64. The van der Waals surface area contributed by atoms with Gasteiger partial charge in [-0.05, 0) is 24.3 Å². The summed E-state index contributed by atoms with van der Waals surface area (Å²) in [5.74, 6) is -0.547. The van der Waals surface area contributed by atoms with Gasteiger partial charge in [0, 0.05) is 20.3 Å². The Hall–Kier alpha value is -2.50. The van der Waals surface area contributed by atoms with E-state index in [4.69, 9.17) is 0 Å². The number of hydrogen-bond donors (Lipinski definition) is 1. The van der Waals surface area contributed by atoms with Crippen molar-refractivity contribution in [2.24, 2.45) is 0 Å². The Labute approximate surface area is 110 Å². The van der Waals surface area contributed by atoms with Crippen LogP contribution < -0.4 is 10.2 Å². The number of rotatable bonds is 3. The second-order valence-electron chi connectivity index (χ2n) is 4.07. The van der Waals surface area contributed by atoms with E-state index < -0.39 is 11.9 Å². The molecule has 0 unspecified atom stereocenters. The first-order chi connectivity index (χ1) is 9.08. The summed E-state index contributed by atoms with van der Waals surface area (Å²) in [5, 5.41) is 2.66. The first-order valence-corrected chi connectivity index (χ1v) is 5.64. The summed E-state index contributed by atoms with van der Waals surface area (Å²) < 4.78 is 13.0. The van der Waals surface area contributed by atoms with Gasteiger partial charge >= 0.3 is 0 Å². The van der Waals surface area contributed by atoms with Gasteiger partial charge in [0.15, 0.2) is 5.82 Å². The van der Waals surface area contributed by atoms with Crippen LogP contribution in [-0.4, -0.2) is 30.0 Å². The highest BCUT2D eigenvalue weighted by Crippen LogP contribution is 2.20. The molecule has 0 aromatic carbocycles. The van der Waals surface area contributed by atoms with Crippen molar-refractivity contribution in [1.29, 1.82) is 0 Å². The molecule has 1 amide bonds. The van der Waals surface area contributed by atoms with E-state index in [0.29, 0.717) is 11.5 Å². The highest BCUT2D eigenvalue weighted by molar-refractivity contribution is 6.04. The van der Waals surface area contributed by atoms with Gasteiger partial charge in [-0.25, -0.2) is 9.97 Å². The first-order valence-electron chi connectivity index (χ1n) is 5.64. The number of carbonyl (C=O) groups excluding carboxylic acids is 1. The van der Waals surface area contributed by atoms with Gasteiger partial charge in [0.1, 0.15) is 5.69 Å². The Kier molecular flexibility index (Phi) is 3.70. The number of aromatic nitrogens is 2. The molecule has 0 radical (unpaired) electrons. The number of pyridine rings is 2. The SMILES string of the molecule is CN(C)c1ncccc1NC(=O)c1cccc(F)n1. The Bertz CT molecular complexity index is 601. The van der Waals surface area contributed by atoms with E-state index >= 15 is 0 Å². The fraction of sp³-hybridized carbons (Fsp3) is 0.154. The maximum absolute atomic E-state index is 13.0. The lowest BCUT2D eigenvalue weighted by molar-refractivity contribution is 0.102. The average Bonchev–Trinajstić information content (AvgIpc) is 2.39. The van der Waals surface area contributed by atoms with Crippen molar-refractivity contribution >= 4 is 17.4 Å². The topological polar surface area (TPSA) is 58.1 Å². The zero-order valence-corrected chi connectivity index (χ0v) is 10.6. The monoisotopic (exact) mass is 260 g/mol. The zero-order chi connectivity index (χ0) is 13.8. The molecular weight excluding hydrogens is 247 g/mol. The summed E-state index contributed by atoms with van der Waals surface area (Å²) in [5.41, 5.74) is 0.567. The second-order valence-corrected chi connectivity index (χ2v) is 4.07. The molecule has 0 atom stereocenters. The second kappa shape index (κ2) is 5.43. The number of halogens is 1. The maximum atomic E-state index is 13.0. The predicted molar refractivity (Wildman–Crippen MR) is 70.7 cm³/mol. The summed E-state index contributed by atoms with van der Waals surface area (Å²) in [6.07, 6.45) is 1.63. The number of nitrogens with one attached hydrogen (secondary N) is 1. The number of hydrogen-bond acceptors (Lipinski definition) is 4. The van der Waals surface area contributed by atoms with Crippen LogP contribution >= 0.6 is 0 Å². The van der Waals surface area contributed by atoms with Crippen molar-refractivity contribution in [2.75, 3.05) is 24.3 Å². The van der Waals surface area contributed by atoms with Crippen molar-refractivity contribution in [3.8, 4) is 0 Å². The smallest absolute Gasteiger partial charge is 0.274 e. The molecule has 2 rings (SSSR count). The molecule has 1 N–H and O–H groups in total. The fourth-order valence-electron chi connectivity index (χ4n) is 1.57. The summed E-state index contributed by atoms with van der Waals surface area (Å²) in [6.45, 7) is 0. The molecule has 2 heterocycles. The third-order valence-electron chi connectivity index (χ3n) is 2.41. The van der Waals surface area contributed by atoms with Crippen molar-refractivity contribution < 1.29 is 9.18 Å². The van der Waals surface area contributed by atoms with E-state index in [2.05, 4.69) is 15.3 Å².